The summed E-state index contributed by atoms with van der Waals surface area (Å²) in [6, 6.07) is 7.05. The predicted octanol–water partition coefficient (Wildman–Crippen LogP) is 3.24. The number of H-pyrrole nitrogens is 1. The Morgan fingerprint density at radius 3 is 2.72 bits per heavy atom. The van der Waals surface area contributed by atoms with E-state index in [9.17, 15) is 18.8 Å². The van der Waals surface area contributed by atoms with Crippen molar-refractivity contribution >= 4 is 11.6 Å². The van der Waals surface area contributed by atoms with Gasteiger partial charge in [-0.15, -0.1) is 0 Å². The molecular weight excluding hydrogens is 468 g/mol. The van der Waals surface area contributed by atoms with Crippen LogP contribution in [0.15, 0.2) is 30.5 Å². The fourth-order valence-electron chi connectivity index (χ4n) is 4.22. The zero-order chi connectivity index (χ0) is 25.7. The van der Waals surface area contributed by atoms with Crippen molar-refractivity contribution in [3.05, 3.63) is 59.0 Å². The molecular formula is C25H27F2N7O2. The van der Waals surface area contributed by atoms with Crippen molar-refractivity contribution in [3.8, 4) is 23.3 Å². The molecule has 1 saturated heterocycles. The minimum Gasteiger partial charge on any atom is -0.477 e. The third-order valence-electron chi connectivity index (χ3n) is 6.12. The highest BCUT2D eigenvalue weighted by Crippen LogP contribution is 2.25. The number of imidazole rings is 1. The van der Waals surface area contributed by atoms with Gasteiger partial charge in [-0.1, -0.05) is 6.07 Å². The molecule has 3 heterocycles. The molecule has 0 spiro atoms. The van der Waals surface area contributed by atoms with Gasteiger partial charge in [0.1, 0.15) is 34.8 Å². The number of hydrogen-bond donors (Lipinski definition) is 3. The van der Waals surface area contributed by atoms with Gasteiger partial charge < -0.3 is 20.8 Å². The molecule has 1 amide bonds. The van der Waals surface area contributed by atoms with E-state index in [0.717, 1.165) is 31.6 Å². The fourth-order valence-corrected chi connectivity index (χ4v) is 4.22. The number of aromatic nitrogens is 3. The lowest BCUT2D eigenvalue weighted by Crippen LogP contribution is -2.38. The minimum absolute atomic E-state index is 0.0539. The van der Waals surface area contributed by atoms with Crippen molar-refractivity contribution in [1.29, 1.82) is 5.26 Å². The summed E-state index contributed by atoms with van der Waals surface area (Å²) in [5.41, 5.74) is 6.87. The molecule has 2 aromatic heterocycles. The lowest BCUT2D eigenvalue weighted by molar-refractivity contribution is 0.0929. The molecule has 0 bridgehead atoms. The molecule has 4 N–H and O–H groups in total. The number of carbonyl (C=O) groups is 1. The van der Waals surface area contributed by atoms with E-state index in [2.05, 4.69) is 25.2 Å². The van der Waals surface area contributed by atoms with Crippen LogP contribution >= 0.6 is 0 Å². The maximum Gasteiger partial charge on any atom is 0.270 e. The molecule has 188 valence electrons. The van der Waals surface area contributed by atoms with Crippen LogP contribution in [0.4, 0.5) is 14.5 Å². The van der Waals surface area contributed by atoms with Gasteiger partial charge in [-0.3, -0.25) is 9.69 Å². The molecule has 0 saturated carbocycles. The molecule has 11 heteroatoms. The van der Waals surface area contributed by atoms with Gasteiger partial charge in [0.25, 0.3) is 5.91 Å². The van der Waals surface area contributed by atoms with E-state index in [1.54, 1.807) is 13.1 Å². The number of amides is 1. The Labute approximate surface area is 207 Å². The second-order valence-corrected chi connectivity index (χ2v) is 8.60. The first-order chi connectivity index (χ1) is 17.4. The molecule has 1 aliphatic heterocycles. The van der Waals surface area contributed by atoms with Gasteiger partial charge in [-0.05, 0) is 57.0 Å². The maximum atomic E-state index is 14.0. The minimum atomic E-state index is -0.660. The van der Waals surface area contributed by atoms with Gasteiger partial charge in [0.15, 0.2) is 0 Å². The summed E-state index contributed by atoms with van der Waals surface area (Å²) in [5.74, 6) is -1.18. The Hall–Kier alpha value is -4.04. The second-order valence-electron chi connectivity index (χ2n) is 8.60. The molecule has 0 radical (unpaired) electrons. The highest BCUT2D eigenvalue weighted by Gasteiger charge is 2.22. The average molecular weight is 496 g/mol. The first-order valence-corrected chi connectivity index (χ1v) is 11.7. The maximum absolute atomic E-state index is 14.0. The number of ether oxygens (including phenoxy) is 1. The van der Waals surface area contributed by atoms with E-state index in [1.165, 1.54) is 24.3 Å². The highest BCUT2D eigenvalue weighted by molar-refractivity contribution is 5.93. The van der Waals surface area contributed by atoms with E-state index in [1.807, 2.05) is 6.07 Å². The summed E-state index contributed by atoms with van der Waals surface area (Å²) < 4.78 is 33.4. The van der Waals surface area contributed by atoms with Gasteiger partial charge in [0, 0.05) is 25.0 Å². The van der Waals surface area contributed by atoms with Crippen molar-refractivity contribution < 1.29 is 18.3 Å². The number of aromatic amines is 1. The number of nitrogen functional groups attached to an aromatic ring is 1. The summed E-state index contributed by atoms with van der Waals surface area (Å²) in [6.07, 6.45) is 3.34. The topological polar surface area (TPSA) is 133 Å². The lowest BCUT2D eigenvalue weighted by atomic mass is 9.96. The number of piperidine rings is 1. The van der Waals surface area contributed by atoms with Crippen LogP contribution < -0.4 is 15.8 Å². The molecule has 1 aromatic carbocycles. The standard InChI is InChI=1S/C25H27F2N7O2/c1-2-36-25-17(11-28)20(29)10-21(33-25)24(35)31-12-15-6-8-34(9-7-15)14-16-13-30-23(32-16)22-18(26)4-3-5-19(22)27/h3-5,10,13,15H,2,6-9,12,14H2,1H3,(H2,29,33)(H,30,32)(H,31,35). The highest BCUT2D eigenvalue weighted by atomic mass is 19.1. The van der Waals surface area contributed by atoms with Crippen molar-refractivity contribution in [2.45, 2.75) is 26.3 Å². The molecule has 0 unspecified atom stereocenters. The molecule has 4 rings (SSSR count). The quantitative estimate of drug-likeness (QED) is 0.437. The Kier molecular flexibility index (Phi) is 7.75. The third kappa shape index (κ3) is 5.60. The van der Waals surface area contributed by atoms with Gasteiger partial charge in [0.2, 0.25) is 5.88 Å². The summed E-state index contributed by atoms with van der Waals surface area (Å²) >= 11 is 0. The molecule has 1 aliphatic rings. The van der Waals surface area contributed by atoms with E-state index in [4.69, 9.17) is 10.5 Å². The summed E-state index contributed by atoms with van der Waals surface area (Å²) in [7, 11) is 0. The van der Waals surface area contributed by atoms with Crippen molar-refractivity contribution in [1.82, 2.24) is 25.2 Å². The number of likely N-dealkylation sites (tertiary alicyclic amines) is 1. The van der Waals surface area contributed by atoms with Crippen LogP contribution in [0.5, 0.6) is 5.88 Å². The fraction of sp³-hybridized carbons (Fsp3) is 0.360. The van der Waals surface area contributed by atoms with E-state index in [0.29, 0.717) is 19.7 Å². The smallest absolute Gasteiger partial charge is 0.270 e. The summed E-state index contributed by atoms with van der Waals surface area (Å²) in [5, 5.41) is 12.1. The van der Waals surface area contributed by atoms with Crippen LogP contribution in [-0.4, -0.2) is 52.0 Å². The number of pyridine rings is 1. The number of anilines is 1. The molecule has 3 aromatic rings. The van der Waals surface area contributed by atoms with Crippen molar-refractivity contribution in [3.63, 3.8) is 0 Å². The number of nitrogens with zero attached hydrogens (tertiary/aromatic N) is 4. The Balaban J connectivity index is 1.28. The summed E-state index contributed by atoms with van der Waals surface area (Å²) in [4.78, 5) is 26.2. The third-order valence-corrected chi connectivity index (χ3v) is 6.12. The number of rotatable bonds is 8. The predicted molar refractivity (Wildman–Crippen MR) is 129 cm³/mol. The monoisotopic (exact) mass is 495 g/mol. The Morgan fingerprint density at radius 1 is 1.33 bits per heavy atom. The van der Waals surface area contributed by atoms with Crippen molar-refractivity contribution in [2.24, 2.45) is 5.92 Å². The van der Waals surface area contributed by atoms with E-state index < -0.39 is 11.6 Å². The molecule has 0 atom stereocenters. The lowest BCUT2D eigenvalue weighted by Gasteiger charge is -2.31. The van der Waals surface area contributed by atoms with Gasteiger partial charge in [-0.25, -0.2) is 18.7 Å². The van der Waals surface area contributed by atoms with Crippen LogP contribution in [-0.2, 0) is 6.54 Å². The molecule has 1 fully saturated rings. The molecule has 36 heavy (non-hydrogen) atoms. The number of nitrogens with one attached hydrogen (secondary N) is 2. The molecule has 9 nitrogen and oxygen atoms in total. The number of nitrogens with two attached hydrogens (primary N) is 1. The van der Waals surface area contributed by atoms with Crippen LogP contribution in [0, 0.1) is 28.9 Å². The van der Waals surface area contributed by atoms with E-state index >= 15 is 0 Å². The number of hydrogen-bond acceptors (Lipinski definition) is 7. The normalized spacial score (nSPS) is 14.4. The Bertz CT molecular complexity index is 1260. The van der Waals surface area contributed by atoms with Crippen molar-refractivity contribution in [2.75, 3.05) is 32.0 Å². The van der Waals surface area contributed by atoms with Crippen LogP contribution in [0.2, 0.25) is 0 Å². The largest absolute Gasteiger partial charge is 0.477 e. The number of halogens is 2. The van der Waals surface area contributed by atoms with Gasteiger partial charge in [-0.2, -0.15) is 5.26 Å². The summed E-state index contributed by atoms with van der Waals surface area (Å²) in [6.45, 7) is 4.73. The van der Waals surface area contributed by atoms with Gasteiger partial charge in [0.05, 0.1) is 17.9 Å². The van der Waals surface area contributed by atoms with Crippen LogP contribution in [0.25, 0.3) is 11.4 Å². The Morgan fingerprint density at radius 2 is 2.06 bits per heavy atom. The van der Waals surface area contributed by atoms with E-state index in [-0.39, 0.29) is 46.0 Å². The van der Waals surface area contributed by atoms with Gasteiger partial charge >= 0.3 is 0 Å². The average Bonchev–Trinajstić information content (AvgIpc) is 3.31. The number of carbonyl (C=O) groups excluding carboxylic acids is 1. The van der Waals surface area contributed by atoms with Crippen LogP contribution in [0.1, 0.15) is 41.5 Å². The van der Waals surface area contributed by atoms with Crippen LogP contribution in [0.3, 0.4) is 0 Å². The SMILES string of the molecule is CCOc1nc(C(=O)NCC2CCN(Cc3cnc(-c4c(F)cccc4F)[nH]3)CC2)cc(N)c1C#N. The zero-order valence-electron chi connectivity index (χ0n) is 19.9. The first kappa shape index (κ1) is 25.1. The zero-order valence-corrected chi connectivity index (χ0v) is 19.9. The molecule has 0 aliphatic carbocycles. The number of nitriles is 1. The second kappa shape index (κ2) is 11.1. The first-order valence-electron chi connectivity index (χ1n) is 11.7. The number of benzene rings is 1.